The SMILES string of the molecule is NC1C(N)C2CC1C1C3CC(C(N)C3N)C21. The van der Waals surface area contributed by atoms with Crippen molar-refractivity contribution in [3.8, 4) is 0 Å². The van der Waals surface area contributed by atoms with Gasteiger partial charge in [-0.05, 0) is 48.3 Å². The van der Waals surface area contributed by atoms with Gasteiger partial charge in [-0.1, -0.05) is 0 Å². The third-order valence-electron chi connectivity index (χ3n) is 6.38. The fourth-order valence-electron chi connectivity index (χ4n) is 5.83. The van der Waals surface area contributed by atoms with Gasteiger partial charge < -0.3 is 22.9 Å². The van der Waals surface area contributed by atoms with E-state index in [4.69, 9.17) is 22.9 Å². The van der Waals surface area contributed by atoms with E-state index in [9.17, 15) is 0 Å². The Hall–Kier alpha value is -0.160. The van der Waals surface area contributed by atoms with Crippen LogP contribution in [0, 0.1) is 35.5 Å². The molecule has 0 saturated heterocycles. The van der Waals surface area contributed by atoms with Crippen LogP contribution in [-0.2, 0) is 0 Å². The summed E-state index contributed by atoms with van der Waals surface area (Å²) in [5.74, 6) is 4.05. The van der Waals surface area contributed by atoms with Crippen molar-refractivity contribution in [1.82, 2.24) is 0 Å². The van der Waals surface area contributed by atoms with Crippen molar-refractivity contribution in [2.24, 2.45) is 58.4 Å². The van der Waals surface area contributed by atoms with Crippen LogP contribution in [0.25, 0.3) is 0 Å². The highest BCUT2D eigenvalue weighted by atomic mass is 14.9. The summed E-state index contributed by atoms with van der Waals surface area (Å²) in [6.45, 7) is 0. The van der Waals surface area contributed by atoms with Crippen molar-refractivity contribution in [3.05, 3.63) is 0 Å². The normalized spacial score (nSPS) is 71.2. The molecule has 4 saturated carbocycles. The van der Waals surface area contributed by atoms with E-state index < -0.39 is 0 Å². The molecular formula is C12H22N4. The van der Waals surface area contributed by atoms with Gasteiger partial charge in [0.25, 0.3) is 0 Å². The summed E-state index contributed by atoms with van der Waals surface area (Å²) in [7, 11) is 0. The minimum Gasteiger partial charge on any atom is -0.326 e. The smallest absolute Gasteiger partial charge is 0.0226 e. The first-order valence-electron chi connectivity index (χ1n) is 6.63. The van der Waals surface area contributed by atoms with E-state index in [-0.39, 0.29) is 24.2 Å². The molecule has 0 aromatic rings. The zero-order valence-corrected chi connectivity index (χ0v) is 9.50. The topological polar surface area (TPSA) is 104 Å². The maximum absolute atomic E-state index is 6.23. The fourth-order valence-corrected chi connectivity index (χ4v) is 5.83. The van der Waals surface area contributed by atoms with Gasteiger partial charge in [0.05, 0.1) is 0 Å². The van der Waals surface area contributed by atoms with Gasteiger partial charge in [-0.25, -0.2) is 0 Å². The molecule has 0 aliphatic heterocycles. The molecule has 0 spiro atoms. The van der Waals surface area contributed by atoms with E-state index in [1.807, 2.05) is 0 Å². The summed E-state index contributed by atoms with van der Waals surface area (Å²) < 4.78 is 0. The molecule has 4 rings (SSSR count). The highest BCUT2D eigenvalue weighted by Gasteiger charge is 2.67. The van der Waals surface area contributed by atoms with Crippen LogP contribution in [0.3, 0.4) is 0 Å². The number of rotatable bonds is 0. The zero-order chi connectivity index (χ0) is 11.2. The Morgan fingerprint density at radius 3 is 1.00 bits per heavy atom. The summed E-state index contributed by atoms with van der Waals surface area (Å²) in [6, 6.07) is 0.867. The second-order valence-electron chi connectivity index (χ2n) is 6.59. The van der Waals surface area contributed by atoms with Gasteiger partial charge in [0, 0.05) is 24.2 Å². The predicted molar refractivity (Wildman–Crippen MR) is 62.1 cm³/mol. The average molecular weight is 222 g/mol. The van der Waals surface area contributed by atoms with E-state index in [1.165, 1.54) is 12.8 Å². The van der Waals surface area contributed by atoms with E-state index in [1.54, 1.807) is 0 Å². The van der Waals surface area contributed by atoms with Crippen molar-refractivity contribution < 1.29 is 0 Å². The van der Waals surface area contributed by atoms with Gasteiger partial charge in [-0.3, -0.25) is 0 Å². The Morgan fingerprint density at radius 2 is 0.750 bits per heavy atom. The maximum Gasteiger partial charge on any atom is 0.0226 e. The molecule has 4 aliphatic carbocycles. The van der Waals surface area contributed by atoms with Crippen LogP contribution in [0.1, 0.15) is 12.8 Å². The van der Waals surface area contributed by atoms with Crippen LogP contribution in [0.4, 0.5) is 0 Å². The van der Waals surface area contributed by atoms with Crippen LogP contribution in [0.2, 0.25) is 0 Å². The quantitative estimate of drug-likeness (QED) is 0.388. The molecule has 16 heavy (non-hydrogen) atoms. The molecule has 0 amide bonds. The first kappa shape index (κ1) is 9.83. The molecule has 0 aromatic carbocycles. The second kappa shape index (κ2) is 2.80. The Labute approximate surface area is 96.1 Å². The Bertz CT molecular complexity index is 273. The average Bonchev–Trinajstić information content (AvgIpc) is 2.92. The molecule has 8 atom stereocenters. The molecule has 90 valence electrons. The first-order valence-corrected chi connectivity index (χ1v) is 6.63. The zero-order valence-electron chi connectivity index (χ0n) is 9.50. The van der Waals surface area contributed by atoms with Crippen molar-refractivity contribution in [3.63, 3.8) is 0 Å². The van der Waals surface area contributed by atoms with E-state index in [2.05, 4.69) is 0 Å². The standard InChI is InChI=1S/C12H22N4/c13-9-3-1-4(10(9)14)8-6-2-5(7(3)8)11(15)12(6)16/h3-12H,1-2,13-16H2. The van der Waals surface area contributed by atoms with Crippen LogP contribution < -0.4 is 22.9 Å². The molecule has 0 radical (unpaired) electrons. The van der Waals surface area contributed by atoms with Crippen molar-refractivity contribution in [1.29, 1.82) is 0 Å². The predicted octanol–water partition coefficient (Wildman–Crippen LogP) is -1.17. The van der Waals surface area contributed by atoms with E-state index in [0.29, 0.717) is 23.7 Å². The maximum atomic E-state index is 6.23. The molecular weight excluding hydrogens is 200 g/mol. The van der Waals surface area contributed by atoms with Gasteiger partial charge in [0.2, 0.25) is 0 Å². The lowest BCUT2D eigenvalue weighted by atomic mass is 9.65. The van der Waals surface area contributed by atoms with Crippen LogP contribution in [0.15, 0.2) is 0 Å². The lowest BCUT2D eigenvalue weighted by molar-refractivity contribution is 0.0937. The van der Waals surface area contributed by atoms with Gasteiger partial charge in [0.15, 0.2) is 0 Å². The van der Waals surface area contributed by atoms with Crippen LogP contribution >= 0.6 is 0 Å². The lowest BCUT2D eigenvalue weighted by Gasteiger charge is -2.44. The van der Waals surface area contributed by atoms with Gasteiger partial charge in [-0.15, -0.1) is 0 Å². The summed E-state index contributed by atoms with van der Waals surface area (Å²) in [4.78, 5) is 0. The highest BCUT2D eigenvalue weighted by molar-refractivity contribution is 5.21. The molecule has 0 aromatic heterocycles. The molecule has 4 nitrogen and oxygen atoms in total. The van der Waals surface area contributed by atoms with Gasteiger partial charge in [0.1, 0.15) is 0 Å². The third kappa shape index (κ3) is 0.849. The summed E-state index contributed by atoms with van der Waals surface area (Å²) in [5, 5.41) is 0. The number of hydrogen-bond donors (Lipinski definition) is 4. The summed E-state index contributed by atoms with van der Waals surface area (Å²) >= 11 is 0. The van der Waals surface area contributed by atoms with Gasteiger partial charge in [-0.2, -0.15) is 0 Å². The van der Waals surface area contributed by atoms with Gasteiger partial charge >= 0.3 is 0 Å². The molecule has 8 N–H and O–H groups in total. The Morgan fingerprint density at radius 1 is 0.500 bits per heavy atom. The lowest BCUT2D eigenvalue weighted by Crippen LogP contribution is -2.59. The molecule has 0 heterocycles. The fraction of sp³-hybridized carbons (Fsp3) is 1.00. The summed E-state index contributed by atoms with van der Waals surface area (Å²) in [5.41, 5.74) is 24.9. The largest absolute Gasteiger partial charge is 0.326 e. The molecule has 4 aliphatic rings. The van der Waals surface area contributed by atoms with Crippen LogP contribution in [0.5, 0.6) is 0 Å². The third-order valence-corrected chi connectivity index (χ3v) is 6.38. The van der Waals surface area contributed by atoms with Crippen LogP contribution in [-0.4, -0.2) is 24.2 Å². The second-order valence-corrected chi connectivity index (χ2v) is 6.59. The number of hydrogen-bond acceptors (Lipinski definition) is 4. The van der Waals surface area contributed by atoms with E-state index >= 15 is 0 Å². The minimum atomic E-state index is 0.217. The molecule has 4 fully saturated rings. The minimum absolute atomic E-state index is 0.217. The first-order chi connectivity index (χ1) is 7.61. The Kier molecular flexibility index (Phi) is 1.72. The van der Waals surface area contributed by atoms with Crippen molar-refractivity contribution in [2.45, 2.75) is 37.0 Å². The van der Waals surface area contributed by atoms with Crippen molar-refractivity contribution >= 4 is 0 Å². The van der Waals surface area contributed by atoms with E-state index in [0.717, 1.165) is 11.8 Å². The van der Waals surface area contributed by atoms with Crippen molar-refractivity contribution in [2.75, 3.05) is 0 Å². The Balaban J connectivity index is 1.73. The molecule has 4 bridgehead atoms. The summed E-state index contributed by atoms with van der Waals surface area (Å²) in [6.07, 6.45) is 2.48. The molecule has 4 heteroatoms. The monoisotopic (exact) mass is 222 g/mol. The number of nitrogens with two attached hydrogens (primary N) is 4. The number of fused-ring (bicyclic) bond motifs is 9. The highest BCUT2D eigenvalue weighted by Crippen LogP contribution is 2.66. The molecule has 8 unspecified atom stereocenters.